The number of imidazole rings is 1. The quantitative estimate of drug-likeness (QED) is 0.201. The summed E-state index contributed by atoms with van der Waals surface area (Å²) in [5, 5.41) is 26.0. The van der Waals surface area contributed by atoms with Crippen molar-refractivity contribution in [3.05, 3.63) is 90.4 Å². The number of hydrogen-bond acceptors (Lipinski definition) is 7. The lowest BCUT2D eigenvalue weighted by molar-refractivity contribution is -0.118. The van der Waals surface area contributed by atoms with Crippen LogP contribution in [0.25, 0.3) is 0 Å². The summed E-state index contributed by atoms with van der Waals surface area (Å²) in [6, 6.07) is 9.48. The first-order chi connectivity index (χ1) is 20.3. The van der Waals surface area contributed by atoms with Crippen molar-refractivity contribution in [2.45, 2.75) is 43.5 Å². The van der Waals surface area contributed by atoms with Crippen LogP contribution in [0.5, 0.6) is 0 Å². The van der Waals surface area contributed by atoms with Crippen LogP contribution in [0.4, 0.5) is 14.5 Å². The summed E-state index contributed by atoms with van der Waals surface area (Å²) >= 11 is 0. The molecule has 1 heterocycles. The van der Waals surface area contributed by atoms with E-state index in [1.54, 1.807) is 51.2 Å². The molecule has 14 heteroatoms. The summed E-state index contributed by atoms with van der Waals surface area (Å²) in [7, 11) is -2.67. The number of rotatable bonds is 14. The number of aliphatic hydroxyl groups is 2. The van der Waals surface area contributed by atoms with E-state index < -0.39 is 64.8 Å². The number of carbonyl (C=O) groups excluding carboxylic acids is 2. The van der Waals surface area contributed by atoms with Gasteiger partial charge in [-0.25, -0.2) is 22.2 Å². The van der Waals surface area contributed by atoms with Crippen LogP contribution in [0.3, 0.4) is 0 Å². The van der Waals surface area contributed by atoms with Gasteiger partial charge in [0.25, 0.3) is 10.0 Å². The molecule has 3 aromatic rings. The molecule has 232 valence electrons. The fourth-order valence-electron chi connectivity index (χ4n) is 4.30. The van der Waals surface area contributed by atoms with Crippen molar-refractivity contribution in [3.8, 4) is 0 Å². The number of aromatic nitrogens is 2. The highest BCUT2D eigenvalue weighted by atomic mass is 32.2. The number of amides is 2. The Labute approximate surface area is 248 Å². The molecule has 2 aromatic carbocycles. The number of halogens is 2. The van der Waals surface area contributed by atoms with Gasteiger partial charge in [0.15, 0.2) is 5.03 Å². The Kier molecular flexibility index (Phi) is 11.7. The number of sulfonamides is 1. The highest BCUT2D eigenvalue weighted by Gasteiger charge is 2.37. The minimum absolute atomic E-state index is 0.0948. The molecule has 0 saturated heterocycles. The first kappa shape index (κ1) is 33.5. The Hall–Kier alpha value is -3.98. The Balaban J connectivity index is 1.83. The predicted octanol–water partition coefficient (Wildman–Crippen LogP) is 1.99. The molecule has 4 N–H and O–H groups in total. The van der Waals surface area contributed by atoms with Crippen molar-refractivity contribution < 1.29 is 37.0 Å². The number of carbonyl (C=O) groups is 2. The number of nitrogens with one attached hydrogen (secondary N) is 2. The number of aliphatic hydroxyl groups excluding tert-OH is 2. The second kappa shape index (κ2) is 15.0. The van der Waals surface area contributed by atoms with Crippen LogP contribution in [0.1, 0.15) is 19.4 Å². The molecule has 0 saturated carbocycles. The molecule has 1 aromatic heterocycles. The maximum absolute atomic E-state index is 13.9. The molecule has 11 nitrogen and oxygen atoms in total. The van der Waals surface area contributed by atoms with Crippen molar-refractivity contribution in [1.29, 1.82) is 0 Å². The molecule has 0 spiro atoms. The molecule has 2 amide bonds. The van der Waals surface area contributed by atoms with Crippen LogP contribution in [-0.2, 0) is 33.1 Å². The lowest BCUT2D eigenvalue weighted by Gasteiger charge is -2.35. The second-order valence-corrected chi connectivity index (χ2v) is 12.1. The van der Waals surface area contributed by atoms with Gasteiger partial charge in [-0.1, -0.05) is 44.2 Å². The molecule has 0 aliphatic heterocycles. The summed E-state index contributed by atoms with van der Waals surface area (Å²) in [6.07, 6.45) is 2.96. The fraction of sp³-hybridized carbons (Fsp3) is 0.345. The third-order valence-corrected chi connectivity index (χ3v) is 8.39. The second-order valence-electron chi connectivity index (χ2n) is 10.3. The monoisotopic (exact) mass is 619 g/mol. The minimum atomic E-state index is -4.28. The predicted molar refractivity (Wildman–Crippen MR) is 155 cm³/mol. The molecule has 3 rings (SSSR count). The topological polar surface area (TPSA) is 154 Å². The number of nitrogens with zero attached hydrogens (tertiary/aromatic N) is 3. The van der Waals surface area contributed by atoms with Crippen molar-refractivity contribution in [2.24, 2.45) is 13.0 Å². The standard InChI is InChI=1S/C29H35F2N5O6S/c1-19(2)25(17-37)36(43(41,42)29-16-35(3)18-32-29)15-26(38)24(13-20-7-5-4-6-8-20)34-28(40)12-11-27(39)33-23-10-9-21(30)14-22(23)31/h4-12,14,16,18-19,24-26,37-38H,13,15,17H2,1-3H3,(H,33,39)(H,34,40)/b12-11+/t24?,25-,26?/m0/s1. The summed E-state index contributed by atoms with van der Waals surface area (Å²) in [5.74, 6) is -3.82. The number of aryl methyl sites for hydroxylation is 1. The van der Waals surface area contributed by atoms with E-state index in [0.717, 1.165) is 34.2 Å². The van der Waals surface area contributed by atoms with Gasteiger partial charge < -0.3 is 25.4 Å². The lowest BCUT2D eigenvalue weighted by atomic mass is 9.99. The van der Waals surface area contributed by atoms with Crippen LogP contribution in [0.2, 0.25) is 0 Å². The Morgan fingerprint density at radius 3 is 2.35 bits per heavy atom. The highest BCUT2D eigenvalue weighted by molar-refractivity contribution is 7.89. The third kappa shape index (κ3) is 9.25. The molecular weight excluding hydrogens is 584 g/mol. The lowest BCUT2D eigenvalue weighted by Crippen LogP contribution is -2.54. The van der Waals surface area contributed by atoms with Crippen LogP contribution < -0.4 is 10.6 Å². The first-order valence-electron chi connectivity index (χ1n) is 13.4. The molecule has 0 bridgehead atoms. The van der Waals surface area contributed by atoms with Gasteiger partial charge in [0.2, 0.25) is 11.8 Å². The largest absolute Gasteiger partial charge is 0.395 e. The minimum Gasteiger partial charge on any atom is -0.395 e. The van der Waals surface area contributed by atoms with Crippen LogP contribution in [0, 0.1) is 17.6 Å². The number of hydrogen-bond donors (Lipinski definition) is 4. The smallest absolute Gasteiger partial charge is 0.262 e. The molecule has 2 unspecified atom stereocenters. The zero-order valence-corrected chi connectivity index (χ0v) is 24.7. The summed E-state index contributed by atoms with van der Waals surface area (Å²) in [6.45, 7) is 2.43. The molecular formula is C29H35F2N5O6S. The summed E-state index contributed by atoms with van der Waals surface area (Å²) in [5.41, 5.74) is 0.439. The average Bonchev–Trinajstić information content (AvgIpc) is 3.40. The summed E-state index contributed by atoms with van der Waals surface area (Å²) in [4.78, 5) is 29.0. The Morgan fingerprint density at radius 1 is 1.09 bits per heavy atom. The van der Waals surface area contributed by atoms with Crippen molar-refractivity contribution in [1.82, 2.24) is 19.2 Å². The zero-order chi connectivity index (χ0) is 31.7. The van der Waals surface area contributed by atoms with Gasteiger partial charge >= 0.3 is 0 Å². The maximum atomic E-state index is 13.9. The van der Waals surface area contributed by atoms with Gasteiger partial charge in [-0.05, 0) is 30.0 Å². The first-order valence-corrected chi connectivity index (χ1v) is 14.8. The number of anilines is 1. The highest BCUT2D eigenvalue weighted by Crippen LogP contribution is 2.22. The molecule has 0 radical (unpaired) electrons. The van der Waals surface area contributed by atoms with E-state index in [1.165, 1.54) is 17.1 Å². The van der Waals surface area contributed by atoms with Crippen LogP contribution >= 0.6 is 0 Å². The van der Waals surface area contributed by atoms with Gasteiger partial charge in [0, 0.05) is 38.0 Å². The van der Waals surface area contributed by atoms with Crippen molar-refractivity contribution in [2.75, 3.05) is 18.5 Å². The van der Waals surface area contributed by atoms with Gasteiger partial charge in [0.1, 0.15) is 11.6 Å². The maximum Gasteiger partial charge on any atom is 0.262 e. The van der Waals surface area contributed by atoms with Gasteiger partial charge in [-0.2, -0.15) is 4.31 Å². The fourth-order valence-corrected chi connectivity index (χ4v) is 6.03. The molecule has 43 heavy (non-hydrogen) atoms. The summed E-state index contributed by atoms with van der Waals surface area (Å²) < 4.78 is 56.6. The van der Waals surface area contributed by atoms with E-state index in [4.69, 9.17) is 0 Å². The van der Waals surface area contributed by atoms with E-state index in [1.807, 2.05) is 0 Å². The van der Waals surface area contributed by atoms with E-state index in [2.05, 4.69) is 15.6 Å². The normalized spacial score (nSPS) is 14.2. The van der Waals surface area contributed by atoms with E-state index in [-0.39, 0.29) is 23.1 Å². The van der Waals surface area contributed by atoms with Gasteiger partial charge in [0.05, 0.1) is 36.8 Å². The van der Waals surface area contributed by atoms with Crippen molar-refractivity contribution >= 4 is 27.5 Å². The van der Waals surface area contributed by atoms with Gasteiger partial charge in [-0.3, -0.25) is 9.59 Å². The van der Waals surface area contributed by atoms with Gasteiger partial charge in [-0.15, -0.1) is 0 Å². The van der Waals surface area contributed by atoms with Crippen LogP contribution in [-0.4, -0.2) is 75.6 Å². The third-order valence-electron chi connectivity index (χ3n) is 6.61. The molecule has 0 fully saturated rings. The molecule has 0 aliphatic rings. The Morgan fingerprint density at radius 2 is 1.77 bits per heavy atom. The zero-order valence-electron chi connectivity index (χ0n) is 23.9. The Bertz CT molecular complexity index is 1530. The molecule has 0 aliphatic carbocycles. The van der Waals surface area contributed by atoms with Crippen LogP contribution in [0.15, 0.2) is 78.2 Å². The number of benzene rings is 2. The van der Waals surface area contributed by atoms with E-state index in [9.17, 15) is 37.0 Å². The molecule has 3 atom stereocenters. The average molecular weight is 620 g/mol. The van der Waals surface area contributed by atoms with Crippen molar-refractivity contribution in [3.63, 3.8) is 0 Å². The SMILES string of the molecule is CC(C)[C@H](CO)N(CC(O)C(Cc1ccccc1)NC(=O)/C=C/C(=O)Nc1ccc(F)cc1F)S(=O)(=O)c1cn(C)cn1. The van der Waals surface area contributed by atoms with E-state index in [0.29, 0.717) is 6.07 Å². The van der Waals surface area contributed by atoms with E-state index >= 15 is 0 Å².